The van der Waals surface area contributed by atoms with E-state index < -0.39 is 10.0 Å². The van der Waals surface area contributed by atoms with Crippen LogP contribution in [0.25, 0.3) is 0 Å². The number of amides is 1. The Morgan fingerprint density at radius 1 is 1.23 bits per heavy atom. The monoisotopic (exact) mass is 469 g/mol. The summed E-state index contributed by atoms with van der Waals surface area (Å²) in [6.45, 7) is 1.12. The van der Waals surface area contributed by atoms with Gasteiger partial charge in [-0.15, -0.1) is 11.8 Å². The van der Waals surface area contributed by atoms with Crippen LogP contribution in [-0.4, -0.2) is 49.6 Å². The number of pyridine rings is 1. The van der Waals surface area contributed by atoms with Gasteiger partial charge >= 0.3 is 0 Å². The van der Waals surface area contributed by atoms with E-state index in [0.717, 1.165) is 19.3 Å². The van der Waals surface area contributed by atoms with Crippen molar-refractivity contribution in [1.82, 2.24) is 9.29 Å². The molecule has 0 saturated carbocycles. The van der Waals surface area contributed by atoms with Gasteiger partial charge in [0.15, 0.2) is 0 Å². The van der Waals surface area contributed by atoms with E-state index in [9.17, 15) is 13.2 Å². The van der Waals surface area contributed by atoms with Crippen molar-refractivity contribution in [2.24, 2.45) is 0 Å². The lowest BCUT2D eigenvalue weighted by molar-refractivity contribution is -0.115. The lowest BCUT2D eigenvalue weighted by atomic mass is 10.2. The Hall–Kier alpha value is -1.81. The van der Waals surface area contributed by atoms with Crippen molar-refractivity contribution < 1.29 is 17.9 Å². The van der Waals surface area contributed by atoms with E-state index in [1.165, 1.54) is 29.4 Å². The third-order valence-corrected chi connectivity index (χ3v) is 7.74. The van der Waals surface area contributed by atoms with Crippen molar-refractivity contribution in [2.45, 2.75) is 35.6 Å². The first-order valence-electron chi connectivity index (χ1n) is 9.62. The zero-order chi connectivity index (χ0) is 21.6. The molecule has 1 N–H and O–H groups in total. The molecule has 1 fully saturated rings. The maximum atomic E-state index is 12.7. The van der Waals surface area contributed by atoms with Gasteiger partial charge in [0, 0.05) is 36.5 Å². The molecule has 1 aliphatic heterocycles. The summed E-state index contributed by atoms with van der Waals surface area (Å²) < 4.78 is 32.1. The van der Waals surface area contributed by atoms with Crippen LogP contribution in [0.3, 0.4) is 0 Å². The van der Waals surface area contributed by atoms with E-state index in [1.807, 2.05) is 0 Å². The van der Waals surface area contributed by atoms with Crippen LogP contribution in [0.15, 0.2) is 46.5 Å². The maximum Gasteiger partial charge on any atom is 0.244 e. The molecule has 2 heterocycles. The van der Waals surface area contributed by atoms with Crippen molar-refractivity contribution in [3.8, 4) is 5.75 Å². The number of nitrogens with zero attached hydrogens (tertiary/aromatic N) is 2. The number of nitrogens with one attached hydrogen (secondary N) is 1. The number of benzene rings is 1. The summed E-state index contributed by atoms with van der Waals surface area (Å²) in [7, 11) is -1.96. The predicted molar refractivity (Wildman–Crippen MR) is 119 cm³/mol. The number of halogens is 1. The summed E-state index contributed by atoms with van der Waals surface area (Å²) in [4.78, 5) is 16.7. The Kier molecular flexibility index (Phi) is 7.99. The number of hydrogen-bond acceptors (Lipinski definition) is 6. The molecule has 162 valence electrons. The van der Waals surface area contributed by atoms with Crippen molar-refractivity contribution >= 4 is 45.0 Å². The quantitative estimate of drug-likeness (QED) is 0.587. The second-order valence-electron chi connectivity index (χ2n) is 6.79. The average molecular weight is 470 g/mol. The molecular formula is C20H24ClN3O4S2. The summed E-state index contributed by atoms with van der Waals surface area (Å²) in [6, 6.07) is 8.27. The number of carbonyl (C=O) groups is 1. The normalized spacial score (nSPS) is 15.0. The molecule has 0 radical (unpaired) electrons. The summed E-state index contributed by atoms with van der Waals surface area (Å²) in [5.41, 5.74) is 0.519. The minimum atomic E-state index is -3.48. The fourth-order valence-corrected chi connectivity index (χ4v) is 5.52. The molecule has 7 nitrogen and oxygen atoms in total. The topological polar surface area (TPSA) is 88.6 Å². The Bertz CT molecular complexity index is 978. The summed E-state index contributed by atoms with van der Waals surface area (Å²) in [6.07, 6.45) is 4.50. The Morgan fingerprint density at radius 3 is 2.67 bits per heavy atom. The van der Waals surface area contributed by atoms with Crippen molar-refractivity contribution in [1.29, 1.82) is 0 Å². The third kappa shape index (κ3) is 5.87. The minimum absolute atomic E-state index is 0.174. The van der Waals surface area contributed by atoms with E-state index in [-0.39, 0.29) is 17.2 Å². The van der Waals surface area contributed by atoms with Gasteiger partial charge in [-0.05, 0) is 43.2 Å². The SMILES string of the molecule is COc1ccc(Cl)cc1NC(=O)CCSc1ccc(S(=O)(=O)N2CCCCC2)cn1. The van der Waals surface area contributed by atoms with Gasteiger partial charge < -0.3 is 10.1 Å². The van der Waals surface area contributed by atoms with E-state index in [4.69, 9.17) is 16.3 Å². The van der Waals surface area contributed by atoms with E-state index in [1.54, 1.807) is 30.3 Å². The van der Waals surface area contributed by atoms with Crippen LogP contribution in [-0.2, 0) is 14.8 Å². The van der Waals surface area contributed by atoms with Crippen LogP contribution in [0.4, 0.5) is 5.69 Å². The molecule has 2 aromatic rings. The molecular weight excluding hydrogens is 446 g/mol. The number of ether oxygens (including phenoxy) is 1. The number of piperidine rings is 1. The molecule has 1 aromatic carbocycles. The van der Waals surface area contributed by atoms with Gasteiger partial charge in [-0.25, -0.2) is 13.4 Å². The molecule has 1 saturated heterocycles. The number of hydrogen-bond donors (Lipinski definition) is 1. The van der Waals surface area contributed by atoms with Crippen molar-refractivity contribution in [3.63, 3.8) is 0 Å². The molecule has 1 aliphatic rings. The second-order valence-corrected chi connectivity index (χ2v) is 10.3. The van der Waals surface area contributed by atoms with Crippen LogP contribution in [0, 0.1) is 0 Å². The Balaban J connectivity index is 1.52. The third-order valence-electron chi connectivity index (χ3n) is 4.68. The van der Waals surface area contributed by atoms with E-state index in [0.29, 0.717) is 40.3 Å². The molecule has 0 unspecified atom stereocenters. The molecule has 10 heteroatoms. The highest BCUT2D eigenvalue weighted by Gasteiger charge is 2.26. The highest BCUT2D eigenvalue weighted by molar-refractivity contribution is 7.99. The molecule has 0 bridgehead atoms. The number of carbonyl (C=O) groups excluding carboxylic acids is 1. The molecule has 1 amide bonds. The smallest absolute Gasteiger partial charge is 0.244 e. The number of aromatic nitrogens is 1. The zero-order valence-electron chi connectivity index (χ0n) is 16.6. The lowest BCUT2D eigenvalue weighted by Crippen LogP contribution is -2.35. The molecule has 0 aliphatic carbocycles. The average Bonchev–Trinajstić information content (AvgIpc) is 2.75. The van der Waals surface area contributed by atoms with Gasteiger partial charge in [-0.2, -0.15) is 4.31 Å². The molecule has 3 rings (SSSR count). The summed E-state index contributed by atoms with van der Waals surface area (Å²) in [5.74, 6) is 0.861. The van der Waals surface area contributed by atoms with Crippen LogP contribution >= 0.6 is 23.4 Å². The first-order valence-corrected chi connectivity index (χ1v) is 12.4. The molecule has 0 spiro atoms. The lowest BCUT2D eigenvalue weighted by Gasteiger charge is -2.25. The van der Waals surface area contributed by atoms with Gasteiger partial charge in [-0.1, -0.05) is 18.0 Å². The zero-order valence-corrected chi connectivity index (χ0v) is 19.0. The van der Waals surface area contributed by atoms with Gasteiger partial charge in [-0.3, -0.25) is 4.79 Å². The Labute approximate surface area is 186 Å². The predicted octanol–water partition coefficient (Wildman–Crippen LogP) is 4.04. The number of sulfonamides is 1. The van der Waals surface area contributed by atoms with Crippen LogP contribution in [0.5, 0.6) is 5.75 Å². The van der Waals surface area contributed by atoms with Crippen LogP contribution < -0.4 is 10.1 Å². The summed E-state index contributed by atoms with van der Waals surface area (Å²) in [5, 5.41) is 3.96. The number of rotatable bonds is 8. The van der Waals surface area contributed by atoms with Gasteiger partial charge in [0.2, 0.25) is 15.9 Å². The van der Waals surface area contributed by atoms with E-state index >= 15 is 0 Å². The number of anilines is 1. The highest BCUT2D eigenvalue weighted by atomic mass is 35.5. The summed E-state index contributed by atoms with van der Waals surface area (Å²) >= 11 is 7.36. The number of thioether (sulfide) groups is 1. The van der Waals surface area contributed by atoms with E-state index in [2.05, 4.69) is 10.3 Å². The standard InChI is InChI=1S/C20H24ClN3O4S2/c1-28-18-7-5-15(21)13-17(18)23-19(25)9-12-29-20-8-6-16(14-22-20)30(26,27)24-10-3-2-4-11-24/h5-8,13-14H,2-4,9-12H2,1H3,(H,23,25). The van der Waals surface area contributed by atoms with Gasteiger partial charge in [0.25, 0.3) is 0 Å². The Morgan fingerprint density at radius 2 is 2.00 bits per heavy atom. The molecule has 30 heavy (non-hydrogen) atoms. The fraction of sp³-hybridized carbons (Fsp3) is 0.400. The fourth-order valence-electron chi connectivity index (χ4n) is 3.10. The van der Waals surface area contributed by atoms with Crippen molar-refractivity contribution in [2.75, 3.05) is 31.3 Å². The number of methoxy groups -OCH3 is 1. The van der Waals surface area contributed by atoms with Crippen LogP contribution in [0.2, 0.25) is 5.02 Å². The first kappa shape index (κ1) is 22.9. The minimum Gasteiger partial charge on any atom is -0.495 e. The largest absolute Gasteiger partial charge is 0.495 e. The highest BCUT2D eigenvalue weighted by Crippen LogP contribution is 2.28. The van der Waals surface area contributed by atoms with Crippen molar-refractivity contribution in [3.05, 3.63) is 41.6 Å². The molecule has 0 atom stereocenters. The van der Waals surface area contributed by atoms with Gasteiger partial charge in [0.05, 0.1) is 17.8 Å². The van der Waals surface area contributed by atoms with Gasteiger partial charge in [0.1, 0.15) is 10.6 Å². The maximum absolute atomic E-state index is 12.7. The first-order chi connectivity index (χ1) is 14.4. The molecule has 1 aromatic heterocycles. The second kappa shape index (κ2) is 10.5. The van der Waals surface area contributed by atoms with Crippen LogP contribution in [0.1, 0.15) is 25.7 Å².